The summed E-state index contributed by atoms with van der Waals surface area (Å²) in [7, 11) is 0. The highest BCUT2D eigenvalue weighted by atomic mass is 35.5. The molecule has 3 nitrogen and oxygen atoms in total. The molecule has 0 unspecified atom stereocenters. The number of carbonyl (C=O) groups excluding carboxylic acids is 1. The van der Waals surface area contributed by atoms with Crippen LogP contribution in [-0.4, -0.2) is 21.4 Å². The lowest BCUT2D eigenvalue weighted by molar-refractivity contribution is -0.262. The molecule has 0 bridgehead atoms. The molecule has 14 heavy (non-hydrogen) atoms. The normalized spacial score (nSPS) is 25.7. The van der Waals surface area contributed by atoms with E-state index in [0.717, 1.165) is 5.06 Å². The van der Waals surface area contributed by atoms with Crippen molar-refractivity contribution in [3.63, 3.8) is 0 Å². The summed E-state index contributed by atoms with van der Waals surface area (Å²) in [5.41, 5.74) is -0.700. The molecule has 0 N–H and O–H groups in total. The molecule has 0 aromatic rings. The van der Waals surface area contributed by atoms with E-state index in [2.05, 4.69) is 0 Å². The molecule has 0 aliphatic carbocycles. The quantitative estimate of drug-likeness (QED) is 0.631. The number of halogens is 1. The van der Waals surface area contributed by atoms with Gasteiger partial charge in [0.05, 0.1) is 5.54 Å². The lowest BCUT2D eigenvalue weighted by Gasteiger charge is -2.44. The molecule has 0 aromatic carbocycles. The second kappa shape index (κ2) is 3.33. The van der Waals surface area contributed by atoms with Crippen molar-refractivity contribution in [1.29, 1.82) is 0 Å². The van der Waals surface area contributed by atoms with E-state index >= 15 is 0 Å². The third-order valence-electron chi connectivity index (χ3n) is 2.48. The number of nitrogens with zero attached hydrogens (tertiary/aromatic N) is 1. The molecule has 1 rings (SSSR count). The minimum atomic E-state index is -0.665. The molecular formula is C10H15ClNO2. The second-order valence-corrected chi connectivity index (χ2v) is 5.22. The van der Waals surface area contributed by atoms with Gasteiger partial charge in [-0.15, -0.1) is 10.3 Å². The molecular weight excluding hydrogens is 202 g/mol. The average molecular weight is 217 g/mol. The maximum Gasteiger partial charge on any atom is 0.248 e. The minimum Gasteiger partial charge on any atom is -0.276 e. The topological polar surface area (TPSA) is 40.2 Å². The maximum atomic E-state index is 11.9. The molecule has 1 radical (unpaired) electrons. The fourth-order valence-electron chi connectivity index (χ4n) is 1.98. The first-order valence-electron chi connectivity index (χ1n) is 4.56. The van der Waals surface area contributed by atoms with Crippen LogP contribution in [-0.2, 0) is 10.0 Å². The summed E-state index contributed by atoms with van der Waals surface area (Å²) in [5.74, 6) is 0. The van der Waals surface area contributed by atoms with Crippen LogP contribution in [0.5, 0.6) is 0 Å². The minimum absolute atomic E-state index is 0.405. The zero-order valence-electron chi connectivity index (χ0n) is 8.93. The lowest BCUT2D eigenvalue weighted by atomic mass is 9.83. The van der Waals surface area contributed by atoms with Gasteiger partial charge in [0.1, 0.15) is 0 Å². The van der Waals surface area contributed by atoms with Crippen molar-refractivity contribution < 1.29 is 10.0 Å². The van der Waals surface area contributed by atoms with Crippen LogP contribution in [0.3, 0.4) is 0 Å². The monoisotopic (exact) mass is 216 g/mol. The molecule has 0 atom stereocenters. The second-order valence-electron chi connectivity index (χ2n) is 4.88. The summed E-state index contributed by atoms with van der Waals surface area (Å²) in [5, 5.41) is 12.4. The highest BCUT2D eigenvalue weighted by Crippen LogP contribution is 2.36. The summed E-state index contributed by atoms with van der Waals surface area (Å²) in [6.45, 7) is 7.19. The van der Waals surface area contributed by atoms with E-state index < -0.39 is 16.3 Å². The Morgan fingerprint density at radius 2 is 1.93 bits per heavy atom. The van der Waals surface area contributed by atoms with Gasteiger partial charge in [0.15, 0.2) is 0 Å². The third kappa shape index (κ3) is 2.00. The maximum absolute atomic E-state index is 11.9. The van der Waals surface area contributed by atoms with Gasteiger partial charge in [-0.25, -0.2) is 0 Å². The Morgan fingerprint density at radius 1 is 1.43 bits per heavy atom. The molecule has 0 saturated heterocycles. The van der Waals surface area contributed by atoms with Crippen molar-refractivity contribution in [2.24, 2.45) is 0 Å². The van der Waals surface area contributed by atoms with Gasteiger partial charge in [-0.2, -0.15) is 0 Å². The van der Waals surface area contributed by atoms with Gasteiger partial charge in [-0.1, -0.05) is 6.08 Å². The summed E-state index contributed by atoms with van der Waals surface area (Å²) >= 11 is 5.43. The molecule has 1 heterocycles. The fraction of sp³-hybridized carbons (Fsp3) is 0.700. The first kappa shape index (κ1) is 11.7. The van der Waals surface area contributed by atoms with Crippen LogP contribution >= 0.6 is 11.6 Å². The van der Waals surface area contributed by atoms with Gasteiger partial charge < -0.3 is 0 Å². The van der Waals surface area contributed by atoms with Crippen molar-refractivity contribution in [1.82, 2.24) is 5.06 Å². The van der Waals surface area contributed by atoms with Crippen LogP contribution in [0.25, 0.3) is 0 Å². The highest BCUT2D eigenvalue weighted by molar-refractivity contribution is 6.67. The summed E-state index contributed by atoms with van der Waals surface area (Å²) in [4.78, 5) is 11.1. The molecule has 1 aliphatic rings. The lowest BCUT2D eigenvalue weighted by Crippen LogP contribution is -2.55. The van der Waals surface area contributed by atoms with Crippen LogP contribution in [0.4, 0.5) is 0 Å². The number of carbonyl (C=O) groups is 1. The SMILES string of the molecule is CC1(C)C=C(C(=O)Cl)CC(C)(C)N1[O]. The molecule has 0 saturated carbocycles. The van der Waals surface area contributed by atoms with Gasteiger partial charge in [0, 0.05) is 11.1 Å². The smallest absolute Gasteiger partial charge is 0.248 e. The van der Waals surface area contributed by atoms with E-state index in [1.54, 1.807) is 19.9 Å². The zero-order chi connectivity index (χ0) is 11.1. The molecule has 0 spiro atoms. The predicted octanol–water partition coefficient (Wildman–Crippen LogP) is 2.29. The van der Waals surface area contributed by atoms with Crippen molar-refractivity contribution in [2.75, 3.05) is 0 Å². The number of hydroxylamine groups is 2. The van der Waals surface area contributed by atoms with Crippen LogP contribution in [0.15, 0.2) is 11.6 Å². The van der Waals surface area contributed by atoms with E-state index in [1.165, 1.54) is 0 Å². The summed E-state index contributed by atoms with van der Waals surface area (Å²) in [6.07, 6.45) is 2.06. The van der Waals surface area contributed by atoms with Crippen LogP contribution in [0, 0.1) is 0 Å². The predicted molar refractivity (Wildman–Crippen MR) is 54.2 cm³/mol. The van der Waals surface area contributed by atoms with Crippen molar-refractivity contribution in [2.45, 2.75) is 45.2 Å². The molecule has 4 heteroatoms. The first-order valence-corrected chi connectivity index (χ1v) is 4.94. The summed E-state index contributed by atoms with van der Waals surface area (Å²) < 4.78 is 0. The molecule has 79 valence electrons. The van der Waals surface area contributed by atoms with Gasteiger partial charge in [0.25, 0.3) is 0 Å². The average Bonchev–Trinajstić information content (AvgIpc) is 1.98. The van der Waals surface area contributed by atoms with Crippen molar-refractivity contribution >= 4 is 16.8 Å². The number of rotatable bonds is 1. The molecule has 1 aliphatic heterocycles. The van der Waals surface area contributed by atoms with Gasteiger partial charge in [0.2, 0.25) is 5.24 Å². The molecule has 0 aromatic heterocycles. The highest BCUT2D eigenvalue weighted by Gasteiger charge is 2.42. The Morgan fingerprint density at radius 3 is 2.29 bits per heavy atom. The Bertz CT molecular complexity index is 294. The Hall–Kier alpha value is -0.380. The van der Waals surface area contributed by atoms with Crippen molar-refractivity contribution in [3.8, 4) is 0 Å². The summed E-state index contributed by atoms with van der Waals surface area (Å²) in [6, 6.07) is 0. The Balaban J connectivity index is 3.12. The van der Waals surface area contributed by atoms with Gasteiger partial charge in [-0.3, -0.25) is 4.79 Å². The number of hydrogen-bond donors (Lipinski definition) is 0. The first-order chi connectivity index (χ1) is 6.17. The van der Waals surface area contributed by atoms with E-state index in [-0.39, 0.29) is 0 Å². The van der Waals surface area contributed by atoms with E-state index in [4.69, 9.17) is 11.6 Å². The van der Waals surface area contributed by atoms with E-state index in [1.807, 2.05) is 13.8 Å². The van der Waals surface area contributed by atoms with Crippen LogP contribution < -0.4 is 0 Å². The van der Waals surface area contributed by atoms with Crippen molar-refractivity contribution in [3.05, 3.63) is 11.6 Å². The fourth-order valence-corrected chi connectivity index (χ4v) is 2.10. The van der Waals surface area contributed by atoms with Gasteiger partial charge >= 0.3 is 0 Å². The molecule has 0 amide bonds. The largest absolute Gasteiger partial charge is 0.276 e. The standard InChI is InChI=1S/C10H15ClNO2/c1-9(2)5-7(8(11)13)6-10(3,4)12(9)14/h5H,6H2,1-4H3. The third-order valence-corrected chi connectivity index (χ3v) is 2.72. The van der Waals surface area contributed by atoms with Gasteiger partial charge in [-0.05, 0) is 45.7 Å². The van der Waals surface area contributed by atoms with E-state index in [9.17, 15) is 10.0 Å². The van der Waals surface area contributed by atoms with Crippen LogP contribution in [0.1, 0.15) is 34.1 Å². The Labute approximate surface area is 89.3 Å². The zero-order valence-corrected chi connectivity index (χ0v) is 9.68. The molecule has 0 fully saturated rings. The number of hydrogen-bond acceptors (Lipinski definition) is 2. The van der Waals surface area contributed by atoms with Crippen LogP contribution in [0.2, 0.25) is 0 Å². The van der Waals surface area contributed by atoms with E-state index in [0.29, 0.717) is 12.0 Å². The Kier molecular flexibility index (Phi) is 2.78.